The summed E-state index contributed by atoms with van der Waals surface area (Å²) in [4.78, 5) is 0. The first kappa shape index (κ1) is 15.2. The van der Waals surface area contributed by atoms with Gasteiger partial charge >= 0.3 is 0 Å². The highest BCUT2D eigenvalue weighted by atomic mass is 16.5. The summed E-state index contributed by atoms with van der Waals surface area (Å²) in [6.45, 7) is 10.3. The molecule has 0 aromatic carbocycles. The fourth-order valence-electron chi connectivity index (χ4n) is 2.33. The van der Waals surface area contributed by atoms with Gasteiger partial charge in [-0.25, -0.2) is 0 Å². The molecule has 104 valence electrons. The monoisotopic (exact) mass is 253 g/mol. The summed E-state index contributed by atoms with van der Waals surface area (Å²) in [6, 6.07) is 2.40. The van der Waals surface area contributed by atoms with Crippen molar-refractivity contribution in [2.24, 2.45) is 13.0 Å². The average Bonchev–Trinajstić information content (AvgIpc) is 2.71. The van der Waals surface area contributed by atoms with E-state index in [9.17, 15) is 0 Å². The van der Waals surface area contributed by atoms with Gasteiger partial charge in [-0.1, -0.05) is 20.8 Å². The first-order valence-corrected chi connectivity index (χ1v) is 6.92. The number of likely N-dealkylation sites (N-methyl/N-ethyl adjacent to an activating group) is 1. The number of aromatic nitrogens is 2. The third-order valence-corrected chi connectivity index (χ3v) is 3.08. The number of hydrogen-bond donors (Lipinski definition) is 1. The predicted molar refractivity (Wildman–Crippen MR) is 74.6 cm³/mol. The quantitative estimate of drug-likeness (QED) is 0.770. The number of aryl methyl sites for hydroxylation is 1. The van der Waals surface area contributed by atoms with Crippen LogP contribution < -0.4 is 5.32 Å². The highest BCUT2D eigenvalue weighted by Crippen LogP contribution is 2.15. The van der Waals surface area contributed by atoms with Crippen molar-refractivity contribution in [3.05, 3.63) is 18.0 Å². The predicted octanol–water partition coefficient (Wildman–Crippen LogP) is 2.00. The van der Waals surface area contributed by atoms with E-state index in [1.807, 2.05) is 17.9 Å². The standard InChI is InChI=1S/C14H27N3O/c1-6-15-13(14(11(3)4)18-7-2)10-12-8-9-17(5)16-12/h8-9,11,13-15H,6-7,10H2,1-5H3. The van der Waals surface area contributed by atoms with E-state index >= 15 is 0 Å². The van der Waals surface area contributed by atoms with Crippen LogP contribution in [0.1, 0.15) is 33.4 Å². The Labute approximate surface area is 111 Å². The molecule has 0 saturated carbocycles. The summed E-state index contributed by atoms with van der Waals surface area (Å²) in [6.07, 6.45) is 3.14. The number of hydrogen-bond acceptors (Lipinski definition) is 3. The molecule has 0 radical (unpaired) electrons. The number of rotatable bonds is 8. The zero-order chi connectivity index (χ0) is 13.5. The lowest BCUT2D eigenvalue weighted by molar-refractivity contribution is 0.00372. The van der Waals surface area contributed by atoms with E-state index in [-0.39, 0.29) is 6.10 Å². The lowest BCUT2D eigenvalue weighted by Gasteiger charge is -2.30. The maximum atomic E-state index is 5.90. The van der Waals surface area contributed by atoms with Crippen LogP contribution in [0.2, 0.25) is 0 Å². The second kappa shape index (κ2) is 7.54. The van der Waals surface area contributed by atoms with Crippen molar-refractivity contribution in [1.82, 2.24) is 15.1 Å². The topological polar surface area (TPSA) is 39.1 Å². The minimum atomic E-state index is 0.233. The molecule has 18 heavy (non-hydrogen) atoms. The summed E-state index contributed by atoms with van der Waals surface area (Å²) in [5.41, 5.74) is 1.12. The summed E-state index contributed by atoms with van der Waals surface area (Å²) >= 11 is 0. The highest BCUT2D eigenvalue weighted by Gasteiger charge is 2.25. The van der Waals surface area contributed by atoms with Gasteiger partial charge in [0.05, 0.1) is 11.8 Å². The van der Waals surface area contributed by atoms with Crippen molar-refractivity contribution in [3.63, 3.8) is 0 Å². The van der Waals surface area contributed by atoms with E-state index in [1.165, 1.54) is 0 Å². The van der Waals surface area contributed by atoms with Gasteiger partial charge in [-0.2, -0.15) is 5.10 Å². The fraction of sp³-hybridized carbons (Fsp3) is 0.786. The molecular formula is C14H27N3O. The molecule has 0 aliphatic rings. The van der Waals surface area contributed by atoms with Crippen LogP contribution in [-0.4, -0.2) is 35.1 Å². The Kier molecular flexibility index (Phi) is 6.36. The molecule has 1 heterocycles. The molecule has 4 nitrogen and oxygen atoms in total. The molecule has 0 aliphatic heterocycles. The average molecular weight is 253 g/mol. The summed E-state index contributed by atoms with van der Waals surface area (Å²) < 4.78 is 7.75. The first-order valence-electron chi connectivity index (χ1n) is 6.92. The van der Waals surface area contributed by atoms with Gasteiger partial charge in [0.25, 0.3) is 0 Å². The van der Waals surface area contributed by atoms with Crippen molar-refractivity contribution >= 4 is 0 Å². The molecule has 0 aliphatic carbocycles. The molecule has 2 atom stereocenters. The SMILES string of the molecule is CCNC(Cc1ccn(C)n1)C(OCC)C(C)C. The Morgan fingerprint density at radius 2 is 2.11 bits per heavy atom. The molecule has 1 N–H and O–H groups in total. The number of nitrogens with one attached hydrogen (secondary N) is 1. The first-order chi connectivity index (χ1) is 8.58. The molecule has 0 spiro atoms. The van der Waals surface area contributed by atoms with Crippen LogP contribution >= 0.6 is 0 Å². The molecule has 0 bridgehead atoms. The normalized spacial score (nSPS) is 15.0. The van der Waals surface area contributed by atoms with Gasteiger partial charge in [-0.05, 0) is 25.5 Å². The highest BCUT2D eigenvalue weighted by molar-refractivity contribution is 5.03. The molecule has 0 amide bonds. The van der Waals surface area contributed by atoms with E-state index in [2.05, 4.69) is 44.2 Å². The van der Waals surface area contributed by atoms with Crippen molar-refractivity contribution in [3.8, 4) is 0 Å². The Bertz CT molecular complexity index is 336. The van der Waals surface area contributed by atoms with Gasteiger partial charge in [0.1, 0.15) is 0 Å². The summed E-state index contributed by atoms with van der Waals surface area (Å²) in [5, 5.41) is 7.99. The van der Waals surface area contributed by atoms with Crippen molar-refractivity contribution in [2.75, 3.05) is 13.2 Å². The fourth-order valence-corrected chi connectivity index (χ4v) is 2.33. The molecule has 0 saturated heterocycles. The third-order valence-electron chi connectivity index (χ3n) is 3.08. The number of ether oxygens (including phenoxy) is 1. The van der Waals surface area contributed by atoms with Crippen LogP contribution in [0.25, 0.3) is 0 Å². The third kappa shape index (κ3) is 4.42. The van der Waals surface area contributed by atoms with Gasteiger partial charge < -0.3 is 10.1 Å². The van der Waals surface area contributed by atoms with Gasteiger partial charge in [-0.15, -0.1) is 0 Å². The maximum absolute atomic E-state index is 5.90. The van der Waals surface area contributed by atoms with Gasteiger partial charge in [0, 0.05) is 32.3 Å². The Balaban J connectivity index is 2.72. The van der Waals surface area contributed by atoms with E-state index in [0.29, 0.717) is 12.0 Å². The van der Waals surface area contributed by atoms with Crippen molar-refractivity contribution < 1.29 is 4.74 Å². The second-order valence-electron chi connectivity index (χ2n) is 5.01. The summed E-state index contributed by atoms with van der Waals surface area (Å²) in [5.74, 6) is 0.498. The Hall–Kier alpha value is -0.870. The molecular weight excluding hydrogens is 226 g/mol. The molecule has 1 aromatic rings. The van der Waals surface area contributed by atoms with E-state index in [1.54, 1.807) is 0 Å². The Morgan fingerprint density at radius 3 is 2.56 bits per heavy atom. The van der Waals surface area contributed by atoms with Gasteiger partial charge in [0.15, 0.2) is 0 Å². The summed E-state index contributed by atoms with van der Waals surface area (Å²) in [7, 11) is 1.95. The van der Waals surface area contributed by atoms with E-state index in [0.717, 1.165) is 25.3 Å². The second-order valence-corrected chi connectivity index (χ2v) is 5.01. The smallest absolute Gasteiger partial charge is 0.0754 e. The van der Waals surface area contributed by atoms with Crippen LogP contribution in [0.3, 0.4) is 0 Å². The zero-order valence-corrected chi connectivity index (χ0v) is 12.3. The minimum absolute atomic E-state index is 0.233. The van der Waals surface area contributed by atoms with Crippen molar-refractivity contribution in [2.45, 2.75) is 46.3 Å². The Morgan fingerprint density at radius 1 is 1.39 bits per heavy atom. The van der Waals surface area contributed by atoms with Crippen LogP contribution in [0.5, 0.6) is 0 Å². The van der Waals surface area contributed by atoms with Crippen LogP contribution in [0.4, 0.5) is 0 Å². The number of nitrogens with zero attached hydrogens (tertiary/aromatic N) is 2. The minimum Gasteiger partial charge on any atom is -0.377 e. The molecule has 4 heteroatoms. The van der Waals surface area contributed by atoms with Gasteiger partial charge in [-0.3, -0.25) is 4.68 Å². The molecule has 1 rings (SSSR count). The maximum Gasteiger partial charge on any atom is 0.0754 e. The molecule has 1 aromatic heterocycles. The largest absolute Gasteiger partial charge is 0.377 e. The lowest BCUT2D eigenvalue weighted by atomic mass is 9.95. The lowest BCUT2D eigenvalue weighted by Crippen LogP contribution is -2.45. The molecule has 0 fully saturated rings. The van der Waals surface area contributed by atoms with E-state index < -0.39 is 0 Å². The molecule has 2 unspecified atom stereocenters. The van der Waals surface area contributed by atoms with Gasteiger partial charge in [0.2, 0.25) is 0 Å². The van der Waals surface area contributed by atoms with Crippen molar-refractivity contribution in [1.29, 1.82) is 0 Å². The van der Waals surface area contributed by atoms with Crippen LogP contribution in [0.15, 0.2) is 12.3 Å². The van der Waals surface area contributed by atoms with E-state index in [4.69, 9.17) is 4.74 Å². The van der Waals surface area contributed by atoms with Crippen LogP contribution in [-0.2, 0) is 18.2 Å². The zero-order valence-electron chi connectivity index (χ0n) is 12.3. The van der Waals surface area contributed by atoms with Crippen LogP contribution in [0, 0.1) is 5.92 Å².